The summed E-state index contributed by atoms with van der Waals surface area (Å²) in [5.74, 6) is -0.411. The third-order valence-electron chi connectivity index (χ3n) is 2.71. The molecule has 1 atom stereocenters. The van der Waals surface area contributed by atoms with Crippen molar-refractivity contribution >= 4 is 11.7 Å². The zero-order valence-corrected chi connectivity index (χ0v) is 10.1. The normalized spacial score (nSPS) is 11.9. The second-order valence-corrected chi connectivity index (χ2v) is 3.98. The van der Waals surface area contributed by atoms with E-state index in [4.69, 9.17) is 0 Å². The Kier molecular flexibility index (Phi) is 4.20. The van der Waals surface area contributed by atoms with E-state index in [1.165, 1.54) is 19.2 Å². The van der Waals surface area contributed by atoms with E-state index >= 15 is 0 Å². The van der Waals surface area contributed by atoms with Gasteiger partial charge in [-0.2, -0.15) is 0 Å². The number of ether oxygens (including phenoxy) is 1. The van der Waals surface area contributed by atoms with E-state index in [1.807, 2.05) is 13.8 Å². The number of methoxy groups -OCH3 is 1. The van der Waals surface area contributed by atoms with Crippen molar-refractivity contribution < 1.29 is 14.5 Å². The van der Waals surface area contributed by atoms with Gasteiger partial charge in [-0.15, -0.1) is 0 Å². The molecule has 0 saturated heterocycles. The Morgan fingerprint density at radius 2 is 2.18 bits per heavy atom. The first-order valence-corrected chi connectivity index (χ1v) is 5.27. The van der Waals surface area contributed by atoms with Gasteiger partial charge in [0.05, 0.1) is 18.5 Å². The highest BCUT2D eigenvalue weighted by molar-refractivity contribution is 5.70. The molecule has 0 N–H and O–H groups in total. The Labute approximate surface area is 99.5 Å². The summed E-state index contributed by atoms with van der Waals surface area (Å²) in [4.78, 5) is 21.4. The summed E-state index contributed by atoms with van der Waals surface area (Å²) in [6.45, 7) is 3.72. The molecule has 0 saturated carbocycles. The summed E-state index contributed by atoms with van der Waals surface area (Å²) in [5, 5.41) is 10.7. The number of hydrogen-bond donors (Lipinski definition) is 0. The number of rotatable bonds is 4. The molecule has 1 unspecified atom stereocenters. The van der Waals surface area contributed by atoms with Crippen molar-refractivity contribution in [1.29, 1.82) is 0 Å². The molecule has 5 nitrogen and oxygen atoms in total. The van der Waals surface area contributed by atoms with E-state index in [2.05, 4.69) is 4.74 Å². The van der Waals surface area contributed by atoms with E-state index in [1.54, 1.807) is 6.07 Å². The summed E-state index contributed by atoms with van der Waals surface area (Å²) in [5.41, 5.74) is 1.79. The van der Waals surface area contributed by atoms with Gasteiger partial charge in [0.2, 0.25) is 0 Å². The lowest BCUT2D eigenvalue weighted by molar-refractivity contribution is -0.384. The fourth-order valence-corrected chi connectivity index (χ4v) is 1.72. The van der Waals surface area contributed by atoms with Crippen LogP contribution < -0.4 is 0 Å². The minimum Gasteiger partial charge on any atom is -0.469 e. The number of esters is 1. The lowest BCUT2D eigenvalue weighted by Crippen LogP contribution is -2.07. The number of carbonyl (C=O) groups excluding carboxylic acids is 1. The Balaban J connectivity index is 2.99. The molecule has 0 bridgehead atoms. The van der Waals surface area contributed by atoms with Crippen LogP contribution in [0.25, 0.3) is 0 Å². The average molecular weight is 237 g/mol. The van der Waals surface area contributed by atoms with Gasteiger partial charge in [-0.1, -0.05) is 13.0 Å². The molecule has 92 valence electrons. The van der Waals surface area contributed by atoms with Crippen molar-refractivity contribution in [2.45, 2.75) is 26.2 Å². The molecule has 0 aliphatic rings. The molecular weight excluding hydrogens is 222 g/mol. The van der Waals surface area contributed by atoms with Crippen LogP contribution >= 0.6 is 0 Å². The molecule has 5 heteroatoms. The van der Waals surface area contributed by atoms with Crippen LogP contribution in [0.5, 0.6) is 0 Å². The number of nitrogens with zero attached hydrogens (tertiary/aromatic N) is 1. The van der Waals surface area contributed by atoms with E-state index in [0.717, 1.165) is 11.1 Å². The lowest BCUT2D eigenvalue weighted by Gasteiger charge is -2.13. The molecule has 0 heterocycles. The summed E-state index contributed by atoms with van der Waals surface area (Å²) >= 11 is 0. The Morgan fingerprint density at radius 3 is 2.71 bits per heavy atom. The number of carbonyl (C=O) groups is 1. The molecule has 0 aliphatic carbocycles. The highest BCUT2D eigenvalue weighted by Gasteiger charge is 2.16. The van der Waals surface area contributed by atoms with Gasteiger partial charge in [-0.05, 0) is 24.0 Å². The summed E-state index contributed by atoms with van der Waals surface area (Å²) < 4.78 is 4.59. The fraction of sp³-hybridized carbons (Fsp3) is 0.417. The van der Waals surface area contributed by atoms with Crippen LogP contribution in [0.4, 0.5) is 5.69 Å². The molecule has 0 fully saturated rings. The average Bonchev–Trinajstić information content (AvgIpc) is 2.28. The van der Waals surface area contributed by atoms with Crippen LogP contribution in [0.2, 0.25) is 0 Å². The van der Waals surface area contributed by atoms with Crippen molar-refractivity contribution in [3.8, 4) is 0 Å². The summed E-state index contributed by atoms with van der Waals surface area (Å²) in [6.07, 6.45) is 0.221. The number of nitro benzene ring substituents is 1. The number of aryl methyl sites for hydroxylation is 1. The first-order valence-electron chi connectivity index (χ1n) is 5.27. The van der Waals surface area contributed by atoms with Gasteiger partial charge in [0.15, 0.2) is 0 Å². The van der Waals surface area contributed by atoms with E-state index in [9.17, 15) is 14.9 Å². The second kappa shape index (κ2) is 5.43. The highest BCUT2D eigenvalue weighted by Crippen LogP contribution is 2.26. The topological polar surface area (TPSA) is 69.4 Å². The van der Waals surface area contributed by atoms with Gasteiger partial charge in [-0.3, -0.25) is 14.9 Å². The van der Waals surface area contributed by atoms with Gasteiger partial charge >= 0.3 is 5.97 Å². The van der Waals surface area contributed by atoms with Crippen molar-refractivity contribution in [2.24, 2.45) is 0 Å². The Morgan fingerprint density at radius 1 is 1.53 bits per heavy atom. The predicted molar refractivity (Wildman–Crippen MR) is 62.9 cm³/mol. The number of hydrogen-bond acceptors (Lipinski definition) is 4. The van der Waals surface area contributed by atoms with Crippen LogP contribution in [-0.2, 0) is 9.53 Å². The second-order valence-electron chi connectivity index (χ2n) is 3.98. The molecule has 1 aromatic carbocycles. The van der Waals surface area contributed by atoms with Crippen LogP contribution in [0.3, 0.4) is 0 Å². The van der Waals surface area contributed by atoms with Crippen molar-refractivity contribution in [1.82, 2.24) is 0 Å². The highest BCUT2D eigenvalue weighted by atomic mass is 16.6. The number of benzene rings is 1. The minimum atomic E-state index is -0.437. The molecule has 0 amide bonds. The molecule has 0 spiro atoms. The molecule has 17 heavy (non-hydrogen) atoms. The molecule has 0 aliphatic heterocycles. The third-order valence-corrected chi connectivity index (χ3v) is 2.71. The summed E-state index contributed by atoms with van der Waals surface area (Å²) in [6, 6.07) is 4.67. The van der Waals surface area contributed by atoms with Crippen LogP contribution in [0.15, 0.2) is 18.2 Å². The zero-order chi connectivity index (χ0) is 13.0. The van der Waals surface area contributed by atoms with Gasteiger partial charge in [0.1, 0.15) is 0 Å². The van der Waals surface area contributed by atoms with Gasteiger partial charge in [-0.25, -0.2) is 0 Å². The number of non-ortho nitro benzene ring substituents is 1. The van der Waals surface area contributed by atoms with Crippen molar-refractivity contribution in [3.05, 3.63) is 39.4 Å². The Bertz CT molecular complexity index is 442. The quantitative estimate of drug-likeness (QED) is 0.458. The standard InChI is InChI=1S/C12H15NO4/c1-8-4-5-10(13(15)16)7-11(8)9(2)6-12(14)17-3/h4-5,7,9H,6H2,1-3H3. The zero-order valence-electron chi connectivity index (χ0n) is 10.1. The van der Waals surface area contributed by atoms with Crippen LogP contribution in [0.1, 0.15) is 30.4 Å². The van der Waals surface area contributed by atoms with Crippen LogP contribution in [-0.4, -0.2) is 18.0 Å². The third kappa shape index (κ3) is 3.27. The lowest BCUT2D eigenvalue weighted by atomic mass is 9.93. The van der Waals surface area contributed by atoms with Crippen LogP contribution in [0, 0.1) is 17.0 Å². The van der Waals surface area contributed by atoms with E-state index < -0.39 is 4.92 Å². The SMILES string of the molecule is COC(=O)CC(C)c1cc([N+](=O)[O-])ccc1C. The monoisotopic (exact) mass is 237 g/mol. The van der Waals surface area contributed by atoms with E-state index in [-0.39, 0.29) is 24.0 Å². The minimum absolute atomic E-state index is 0.0438. The van der Waals surface area contributed by atoms with E-state index in [0.29, 0.717) is 0 Å². The maximum Gasteiger partial charge on any atom is 0.306 e. The van der Waals surface area contributed by atoms with Gasteiger partial charge in [0, 0.05) is 12.1 Å². The molecule has 0 aromatic heterocycles. The smallest absolute Gasteiger partial charge is 0.306 e. The largest absolute Gasteiger partial charge is 0.469 e. The van der Waals surface area contributed by atoms with Gasteiger partial charge in [0.25, 0.3) is 5.69 Å². The molecule has 0 radical (unpaired) electrons. The molecular formula is C12H15NO4. The maximum atomic E-state index is 11.2. The van der Waals surface area contributed by atoms with Gasteiger partial charge < -0.3 is 4.74 Å². The fourth-order valence-electron chi connectivity index (χ4n) is 1.72. The summed E-state index contributed by atoms with van der Waals surface area (Å²) in [7, 11) is 1.33. The number of nitro groups is 1. The first-order chi connectivity index (χ1) is 7.95. The maximum absolute atomic E-state index is 11.2. The van der Waals surface area contributed by atoms with Crippen molar-refractivity contribution in [3.63, 3.8) is 0 Å². The Hall–Kier alpha value is -1.91. The first kappa shape index (κ1) is 13.2. The van der Waals surface area contributed by atoms with Crippen molar-refractivity contribution in [2.75, 3.05) is 7.11 Å². The predicted octanol–water partition coefficient (Wildman–Crippen LogP) is 2.57. The molecule has 1 aromatic rings. The molecule has 1 rings (SSSR count).